The Morgan fingerprint density at radius 1 is 1.00 bits per heavy atom. The number of nitrogens with one attached hydrogen (secondary N) is 1. The van der Waals surface area contributed by atoms with Gasteiger partial charge in [0.15, 0.2) is 11.7 Å². The molecule has 6 fully saturated rings. The summed E-state index contributed by atoms with van der Waals surface area (Å²) in [6.07, 6.45) is 10.1. The quantitative estimate of drug-likeness (QED) is 0.174. The molecule has 7 rings (SSSR count). The number of Topliss-reactive ketones (excluding diaryl/α,β-unsaturated/α-hetero) is 1. The number of piperidine rings is 1. The highest BCUT2D eigenvalue weighted by Crippen LogP contribution is 2.55. The maximum atomic E-state index is 16.8. The minimum Gasteiger partial charge on any atom is -0.444 e. The molecule has 0 spiro atoms. The maximum absolute atomic E-state index is 16.8. The van der Waals surface area contributed by atoms with E-state index in [9.17, 15) is 14.4 Å². The van der Waals surface area contributed by atoms with Crippen LogP contribution in [0.15, 0.2) is 16.8 Å². The number of hydrogen-bond donors (Lipinski definition) is 3. The molecule has 11 nitrogen and oxygen atoms in total. The molecule has 3 heterocycles. The van der Waals surface area contributed by atoms with Crippen molar-refractivity contribution in [3.05, 3.63) is 11.8 Å². The summed E-state index contributed by atoms with van der Waals surface area (Å²) in [6, 6.07) is -0.231. The van der Waals surface area contributed by atoms with Crippen LogP contribution in [-0.2, 0) is 19.1 Å². The molecule has 2 saturated heterocycles. The van der Waals surface area contributed by atoms with E-state index >= 15 is 4.39 Å². The monoisotopic (exact) mass is 670 g/mol. The van der Waals surface area contributed by atoms with E-state index in [1.807, 2.05) is 25.7 Å². The zero-order valence-corrected chi connectivity index (χ0v) is 28.8. The average Bonchev–Trinajstić information content (AvgIpc) is 3.46. The Morgan fingerprint density at radius 3 is 2.44 bits per heavy atom. The summed E-state index contributed by atoms with van der Waals surface area (Å²) in [4.78, 5) is 48.9. The van der Waals surface area contributed by atoms with Gasteiger partial charge in [-0.1, -0.05) is 25.7 Å². The number of carbonyl (C=O) groups excluding carboxylic acids is 3. The Labute approximate surface area is 283 Å². The third-order valence-electron chi connectivity index (χ3n) is 12.7. The van der Waals surface area contributed by atoms with Crippen molar-refractivity contribution in [2.45, 2.75) is 134 Å². The number of aliphatic imine (C=N–C) groups is 1. The van der Waals surface area contributed by atoms with Crippen molar-refractivity contribution in [1.82, 2.24) is 15.1 Å². The predicted molar refractivity (Wildman–Crippen MR) is 178 cm³/mol. The first-order chi connectivity index (χ1) is 22.9. The summed E-state index contributed by atoms with van der Waals surface area (Å²) in [6.45, 7) is 6.72. The molecule has 4 saturated carbocycles. The van der Waals surface area contributed by atoms with E-state index in [0.717, 1.165) is 38.5 Å². The number of halogens is 1. The summed E-state index contributed by atoms with van der Waals surface area (Å²) in [7, 11) is 0. The number of alkyl halides is 1. The highest BCUT2D eigenvalue weighted by molar-refractivity contribution is 6.20. The van der Waals surface area contributed by atoms with Crippen molar-refractivity contribution in [3.63, 3.8) is 0 Å². The zero-order valence-electron chi connectivity index (χ0n) is 28.8. The van der Waals surface area contributed by atoms with Crippen LogP contribution >= 0.6 is 0 Å². The molecule has 0 aromatic rings. The summed E-state index contributed by atoms with van der Waals surface area (Å²) in [5.41, 5.74) is 10.4. The number of rotatable bonds is 5. The lowest BCUT2D eigenvalue weighted by molar-refractivity contribution is -0.224. The molecule has 0 bridgehead atoms. The Bertz CT molecular complexity index is 1330. The van der Waals surface area contributed by atoms with Crippen LogP contribution < -0.4 is 16.8 Å². The lowest BCUT2D eigenvalue weighted by Gasteiger charge is -2.61. The Morgan fingerprint density at radius 2 is 1.71 bits per heavy atom. The molecular formula is C36H55FN6O5. The van der Waals surface area contributed by atoms with Gasteiger partial charge in [0.1, 0.15) is 11.8 Å². The first kappa shape index (κ1) is 33.6. The summed E-state index contributed by atoms with van der Waals surface area (Å²) >= 11 is 0. The number of nitrogens with zero attached hydrogens (tertiary/aromatic N) is 3. The molecule has 12 heteroatoms. The van der Waals surface area contributed by atoms with E-state index in [0.29, 0.717) is 24.3 Å². The first-order valence-electron chi connectivity index (χ1n) is 18.6. The number of likely N-dealkylation sites (tertiary alicyclic amines) is 1. The molecular weight excluding hydrogens is 615 g/mol. The third-order valence-corrected chi connectivity index (χ3v) is 12.7. The topological polar surface area (TPSA) is 153 Å². The molecule has 0 radical (unpaired) electrons. The lowest BCUT2D eigenvalue weighted by Crippen LogP contribution is -2.71. The molecule has 2 amide bonds. The molecule has 266 valence electrons. The van der Waals surface area contributed by atoms with Crippen LogP contribution in [0.3, 0.4) is 0 Å². The van der Waals surface area contributed by atoms with Gasteiger partial charge >= 0.3 is 6.09 Å². The van der Waals surface area contributed by atoms with Gasteiger partial charge in [-0.2, -0.15) is 0 Å². The van der Waals surface area contributed by atoms with Crippen LogP contribution in [0, 0.1) is 35.5 Å². The Kier molecular flexibility index (Phi) is 9.17. The first-order valence-corrected chi connectivity index (χ1v) is 18.6. The predicted octanol–water partition coefficient (Wildman–Crippen LogP) is 3.65. The SMILES string of the molecule is CC(C)(C)OC(=O)N1CCCC2CC(C3C(F)CC4C(=O)C(C(=O)NCCN=C(N)N)=CN5C6CC7CCCCC7CC6OC3C45)CC21. The molecule has 12 atom stereocenters. The van der Waals surface area contributed by atoms with Gasteiger partial charge < -0.3 is 36.1 Å². The van der Waals surface area contributed by atoms with Crippen LogP contribution in [-0.4, -0.2) is 95.3 Å². The Balaban J connectivity index is 1.17. The number of guanidine groups is 1. The second-order valence-corrected chi connectivity index (χ2v) is 16.7. The third kappa shape index (κ3) is 6.31. The number of ether oxygens (including phenoxy) is 2. The summed E-state index contributed by atoms with van der Waals surface area (Å²) in [5.74, 6) is -0.318. The van der Waals surface area contributed by atoms with Gasteiger partial charge in [-0.3, -0.25) is 14.6 Å². The normalized spacial score (nSPS) is 40.4. The second kappa shape index (κ2) is 13.1. The number of ketones is 1. The van der Waals surface area contributed by atoms with Gasteiger partial charge in [0.25, 0.3) is 5.91 Å². The summed E-state index contributed by atoms with van der Waals surface area (Å²) in [5, 5.41) is 2.80. The minimum absolute atomic E-state index is 0.0239. The fourth-order valence-electron chi connectivity index (χ4n) is 10.9. The van der Waals surface area contributed by atoms with Crippen LogP contribution in [0.1, 0.15) is 91.4 Å². The zero-order chi connectivity index (χ0) is 33.9. The Hall–Kier alpha value is -2.89. The van der Waals surface area contributed by atoms with Crippen molar-refractivity contribution in [2.24, 2.45) is 52.0 Å². The number of hydrogen-bond acceptors (Lipinski definition) is 7. The van der Waals surface area contributed by atoms with Crippen LogP contribution in [0.5, 0.6) is 0 Å². The number of amides is 2. The van der Waals surface area contributed by atoms with Gasteiger partial charge in [0.05, 0.1) is 36.4 Å². The number of fused-ring (bicyclic) bond motifs is 4. The standard InChI is InChI=1S/C36H55FN6O5/c1-36(2,3)48-35(46)42-12-6-9-21-13-22(15-26(21)42)29-25(37)17-23-30-32(29)47-28-16-20-8-5-4-7-19(20)14-27(28)43(30)18-24(31(23)44)33(45)40-10-11-41-34(38)39/h18-23,25-30,32H,4-17H2,1-3H3,(H,40,45)(H4,38,39,41). The molecule has 3 aliphatic heterocycles. The van der Waals surface area contributed by atoms with Crippen molar-refractivity contribution < 1.29 is 28.2 Å². The smallest absolute Gasteiger partial charge is 0.410 e. The maximum Gasteiger partial charge on any atom is 0.410 e. The average molecular weight is 671 g/mol. The van der Waals surface area contributed by atoms with Gasteiger partial charge in [-0.05, 0) is 89.4 Å². The molecule has 7 aliphatic rings. The van der Waals surface area contributed by atoms with Crippen LogP contribution in [0.2, 0.25) is 0 Å². The minimum atomic E-state index is -1.24. The highest BCUT2D eigenvalue weighted by Gasteiger charge is 2.62. The largest absolute Gasteiger partial charge is 0.444 e. The summed E-state index contributed by atoms with van der Waals surface area (Å²) < 4.78 is 29.7. The van der Waals surface area contributed by atoms with Crippen molar-refractivity contribution in [2.75, 3.05) is 19.6 Å². The van der Waals surface area contributed by atoms with E-state index in [4.69, 9.17) is 20.9 Å². The van der Waals surface area contributed by atoms with Crippen molar-refractivity contribution in [1.29, 1.82) is 0 Å². The second-order valence-electron chi connectivity index (χ2n) is 16.7. The fraction of sp³-hybridized carbons (Fsp3) is 0.833. The molecule has 48 heavy (non-hydrogen) atoms. The number of morpholine rings is 1. The van der Waals surface area contributed by atoms with E-state index in [2.05, 4.69) is 15.2 Å². The molecule has 0 aromatic carbocycles. The number of carbonyl (C=O) groups is 3. The van der Waals surface area contributed by atoms with E-state index in [1.54, 1.807) is 6.20 Å². The highest BCUT2D eigenvalue weighted by atomic mass is 19.1. The molecule has 12 unspecified atom stereocenters. The van der Waals surface area contributed by atoms with Crippen LogP contribution in [0.25, 0.3) is 0 Å². The van der Waals surface area contributed by atoms with Gasteiger partial charge in [-0.15, -0.1) is 0 Å². The van der Waals surface area contributed by atoms with E-state index in [1.165, 1.54) is 25.7 Å². The number of nitrogens with two attached hydrogens (primary N) is 2. The van der Waals surface area contributed by atoms with Crippen molar-refractivity contribution in [3.8, 4) is 0 Å². The van der Waals surface area contributed by atoms with Gasteiger partial charge in [0.2, 0.25) is 0 Å². The van der Waals surface area contributed by atoms with Crippen molar-refractivity contribution >= 4 is 23.7 Å². The van der Waals surface area contributed by atoms with Gasteiger partial charge in [-0.25, -0.2) is 9.18 Å². The lowest BCUT2D eigenvalue weighted by atomic mass is 9.62. The van der Waals surface area contributed by atoms with Crippen LogP contribution in [0.4, 0.5) is 9.18 Å². The molecule has 4 aliphatic carbocycles. The van der Waals surface area contributed by atoms with Gasteiger partial charge in [0, 0.05) is 37.2 Å². The molecule has 0 aromatic heterocycles. The van der Waals surface area contributed by atoms with E-state index in [-0.39, 0.29) is 79.0 Å². The van der Waals surface area contributed by atoms with E-state index < -0.39 is 29.7 Å². The molecule has 5 N–H and O–H groups in total. The fourth-order valence-corrected chi connectivity index (χ4v) is 10.9.